The average molecular weight is 262 g/mol. The van der Waals surface area contributed by atoms with Crippen LogP contribution in [0.3, 0.4) is 0 Å². The third-order valence-electron chi connectivity index (χ3n) is 3.92. The molecule has 0 aliphatic heterocycles. The maximum atomic E-state index is 11.3. The fraction of sp³-hybridized carbons (Fsp3) is 0.533. The molecule has 19 heavy (non-hydrogen) atoms. The predicted octanol–water partition coefficient (Wildman–Crippen LogP) is 2.21. The van der Waals surface area contributed by atoms with E-state index in [0.29, 0.717) is 17.8 Å². The number of likely N-dealkylation sites (N-methyl/N-ethyl adjacent to an activating group) is 1. The standard InChI is InChI=1S/C15H22N2O2/c1-11(18)13-6-5-12(9-14(13)16)17(2)10-15(19)7-3-4-8-15/h5-6,9,19H,3-4,7-8,10,16H2,1-2H3. The fourth-order valence-corrected chi connectivity index (χ4v) is 2.83. The van der Waals surface area contributed by atoms with Gasteiger partial charge < -0.3 is 15.7 Å². The first kappa shape index (κ1) is 13.9. The summed E-state index contributed by atoms with van der Waals surface area (Å²) in [6.45, 7) is 2.11. The maximum Gasteiger partial charge on any atom is 0.161 e. The van der Waals surface area contributed by atoms with Crippen LogP contribution in [0.1, 0.15) is 43.0 Å². The second-order valence-electron chi connectivity index (χ2n) is 5.62. The van der Waals surface area contributed by atoms with Gasteiger partial charge >= 0.3 is 0 Å². The molecule has 0 amide bonds. The number of nitrogens with two attached hydrogens (primary N) is 1. The van der Waals surface area contributed by atoms with Gasteiger partial charge in [-0.25, -0.2) is 0 Å². The van der Waals surface area contributed by atoms with Crippen molar-refractivity contribution in [3.8, 4) is 0 Å². The highest BCUT2D eigenvalue weighted by atomic mass is 16.3. The molecule has 0 bridgehead atoms. The van der Waals surface area contributed by atoms with Crippen molar-refractivity contribution in [3.05, 3.63) is 23.8 Å². The average Bonchev–Trinajstić information content (AvgIpc) is 2.75. The molecule has 1 aliphatic rings. The van der Waals surface area contributed by atoms with Gasteiger partial charge in [0.25, 0.3) is 0 Å². The van der Waals surface area contributed by atoms with Gasteiger partial charge in [-0.2, -0.15) is 0 Å². The van der Waals surface area contributed by atoms with E-state index < -0.39 is 5.60 Å². The summed E-state index contributed by atoms with van der Waals surface area (Å²) in [4.78, 5) is 13.3. The second kappa shape index (κ2) is 5.21. The van der Waals surface area contributed by atoms with Crippen LogP contribution in [-0.4, -0.2) is 30.1 Å². The molecule has 0 radical (unpaired) electrons. The van der Waals surface area contributed by atoms with Gasteiger partial charge in [0.2, 0.25) is 0 Å². The lowest BCUT2D eigenvalue weighted by atomic mass is 10.0. The van der Waals surface area contributed by atoms with Gasteiger partial charge in [-0.1, -0.05) is 12.8 Å². The molecule has 104 valence electrons. The van der Waals surface area contributed by atoms with Crippen LogP contribution in [-0.2, 0) is 0 Å². The lowest BCUT2D eigenvalue weighted by Crippen LogP contribution is -2.39. The lowest BCUT2D eigenvalue weighted by molar-refractivity contribution is 0.0559. The molecule has 2 rings (SSSR count). The van der Waals surface area contributed by atoms with E-state index in [1.807, 2.05) is 18.0 Å². The zero-order chi connectivity index (χ0) is 14.0. The predicted molar refractivity (Wildman–Crippen MR) is 77.5 cm³/mol. The van der Waals surface area contributed by atoms with Gasteiger partial charge in [0.15, 0.2) is 5.78 Å². The fourth-order valence-electron chi connectivity index (χ4n) is 2.83. The molecule has 0 saturated heterocycles. The third kappa shape index (κ3) is 3.07. The molecule has 1 aliphatic carbocycles. The van der Waals surface area contributed by atoms with Crippen LogP contribution in [0.25, 0.3) is 0 Å². The summed E-state index contributed by atoms with van der Waals surface area (Å²) in [6.07, 6.45) is 3.90. The number of carbonyl (C=O) groups excluding carboxylic acids is 1. The second-order valence-corrected chi connectivity index (χ2v) is 5.62. The number of hydrogen-bond donors (Lipinski definition) is 2. The quantitative estimate of drug-likeness (QED) is 0.645. The lowest BCUT2D eigenvalue weighted by Gasteiger charge is -2.30. The summed E-state index contributed by atoms with van der Waals surface area (Å²) >= 11 is 0. The van der Waals surface area contributed by atoms with Gasteiger partial charge in [-0.05, 0) is 38.0 Å². The number of rotatable bonds is 4. The van der Waals surface area contributed by atoms with E-state index in [1.165, 1.54) is 6.92 Å². The normalized spacial score (nSPS) is 17.4. The van der Waals surface area contributed by atoms with Crippen molar-refractivity contribution in [2.75, 3.05) is 24.2 Å². The van der Waals surface area contributed by atoms with Gasteiger partial charge in [0.1, 0.15) is 0 Å². The summed E-state index contributed by atoms with van der Waals surface area (Å²) in [6, 6.07) is 5.43. The highest BCUT2D eigenvalue weighted by Crippen LogP contribution is 2.31. The van der Waals surface area contributed by atoms with E-state index in [9.17, 15) is 9.90 Å². The van der Waals surface area contributed by atoms with Gasteiger partial charge in [0.05, 0.1) is 5.60 Å². The van der Waals surface area contributed by atoms with E-state index in [2.05, 4.69) is 0 Å². The molecular formula is C15H22N2O2. The largest absolute Gasteiger partial charge is 0.398 e. The summed E-state index contributed by atoms with van der Waals surface area (Å²) in [5.41, 5.74) is 7.29. The minimum absolute atomic E-state index is 0.0267. The molecular weight excluding hydrogens is 240 g/mol. The first-order valence-electron chi connectivity index (χ1n) is 6.75. The molecule has 0 atom stereocenters. The van der Waals surface area contributed by atoms with Gasteiger partial charge in [-0.3, -0.25) is 4.79 Å². The SMILES string of the molecule is CC(=O)c1ccc(N(C)CC2(O)CCCC2)cc1N. The molecule has 0 heterocycles. The topological polar surface area (TPSA) is 66.6 Å². The molecule has 1 aromatic rings. The number of ketones is 1. The van der Waals surface area contributed by atoms with Crippen molar-refractivity contribution >= 4 is 17.2 Å². The van der Waals surface area contributed by atoms with Crippen LogP contribution < -0.4 is 10.6 Å². The Labute approximate surface area is 114 Å². The highest BCUT2D eigenvalue weighted by molar-refractivity contribution is 5.99. The zero-order valence-electron chi connectivity index (χ0n) is 11.6. The van der Waals surface area contributed by atoms with Crippen molar-refractivity contribution < 1.29 is 9.90 Å². The van der Waals surface area contributed by atoms with E-state index >= 15 is 0 Å². The summed E-state index contributed by atoms with van der Waals surface area (Å²) < 4.78 is 0. The van der Waals surface area contributed by atoms with E-state index in [-0.39, 0.29) is 5.78 Å². The Hall–Kier alpha value is -1.55. The number of nitrogens with zero attached hydrogens (tertiary/aromatic N) is 1. The third-order valence-corrected chi connectivity index (χ3v) is 3.92. The summed E-state index contributed by atoms with van der Waals surface area (Å²) in [7, 11) is 1.94. The highest BCUT2D eigenvalue weighted by Gasteiger charge is 2.32. The minimum Gasteiger partial charge on any atom is -0.398 e. The Morgan fingerprint density at radius 1 is 1.42 bits per heavy atom. The molecule has 4 heteroatoms. The summed E-state index contributed by atoms with van der Waals surface area (Å²) in [5.74, 6) is -0.0267. The maximum absolute atomic E-state index is 11.3. The molecule has 1 fully saturated rings. The molecule has 0 spiro atoms. The van der Waals surface area contributed by atoms with E-state index in [0.717, 1.165) is 31.4 Å². The molecule has 4 nitrogen and oxygen atoms in total. The van der Waals surface area contributed by atoms with Crippen LogP contribution in [0, 0.1) is 0 Å². The molecule has 1 aromatic carbocycles. The van der Waals surface area contributed by atoms with Crippen LogP contribution in [0.2, 0.25) is 0 Å². The van der Waals surface area contributed by atoms with E-state index in [1.54, 1.807) is 12.1 Å². The minimum atomic E-state index is -0.581. The van der Waals surface area contributed by atoms with Crippen molar-refractivity contribution in [2.24, 2.45) is 0 Å². The van der Waals surface area contributed by atoms with Gasteiger partial charge in [-0.15, -0.1) is 0 Å². The van der Waals surface area contributed by atoms with Crippen molar-refractivity contribution in [3.63, 3.8) is 0 Å². The Bertz CT molecular complexity index is 479. The van der Waals surface area contributed by atoms with Crippen molar-refractivity contribution in [2.45, 2.75) is 38.2 Å². The first-order chi connectivity index (χ1) is 8.91. The monoisotopic (exact) mass is 262 g/mol. The smallest absolute Gasteiger partial charge is 0.161 e. The Balaban J connectivity index is 2.13. The van der Waals surface area contributed by atoms with Crippen LogP contribution in [0.4, 0.5) is 11.4 Å². The Morgan fingerprint density at radius 2 is 2.05 bits per heavy atom. The number of Topliss-reactive ketones (excluding diaryl/α,β-unsaturated/α-hetero) is 1. The number of aliphatic hydroxyl groups is 1. The zero-order valence-corrected chi connectivity index (χ0v) is 11.6. The number of anilines is 2. The molecule has 1 saturated carbocycles. The van der Waals surface area contributed by atoms with Crippen LogP contribution in [0.15, 0.2) is 18.2 Å². The number of benzene rings is 1. The number of carbonyl (C=O) groups is 1. The number of nitrogen functional groups attached to an aromatic ring is 1. The molecule has 0 aromatic heterocycles. The van der Waals surface area contributed by atoms with E-state index in [4.69, 9.17) is 5.73 Å². The molecule has 3 N–H and O–H groups in total. The van der Waals surface area contributed by atoms with Gasteiger partial charge in [0, 0.05) is 30.5 Å². The Morgan fingerprint density at radius 3 is 2.58 bits per heavy atom. The summed E-state index contributed by atoms with van der Waals surface area (Å²) in [5, 5.41) is 10.4. The number of hydrogen-bond acceptors (Lipinski definition) is 4. The Kier molecular flexibility index (Phi) is 3.80. The van der Waals surface area contributed by atoms with Crippen molar-refractivity contribution in [1.82, 2.24) is 0 Å². The first-order valence-corrected chi connectivity index (χ1v) is 6.75. The van der Waals surface area contributed by atoms with Crippen molar-refractivity contribution in [1.29, 1.82) is 0 Å². The van der Waals surface area contributed by atoms with Crippen LogP contribution >= 0.6 is 0 Å². The molecule has 0 unspecified atom stereocenters. The van der Waals surface area contributed by atoms with Crippen LogP contribution in [0.5, 0.6) is 0 Å².